The van der Waals surface area contributed by atoms with Crippen LogP contribution in [0.3, 0.4) is 0 Å². The number of rotatable bonds is 9. The zero-order valence-corrected chi connectivity index (χ0v) is 33.3. The summed E-state index contributed by atoms with van der Waals surface area (Å²) in [6.07, 6.45) is -0.813. The van der Waals surface area contributed by atoms with Crippen molar-refractivity contribution in [2.24, 2.45) is 5.92 Å². The summed E-state index contributed by atoms with van der Waals surface area (Å²) in [5.41, 5.74) is 2.78. The number of aliphatic hydroxyl groups excluding tert-OH is 1. The Morgan fingerprint density at radius 2 is 1.61 bits per heavy atom. The SMILES string of the molecule is COc1ccc([Si](C)(C)[C@@H]2[C@@H](CC(=O)N3Cc4ccccc4C[C@H]3CO)O[C@]3(C(=O)N(c4ccccc4)c4ccc(N5C(=O)CC5OC(C)=O)cc43)[C@H]2C)cc1. The lowest BCUT2D eigenvalue weighted by Crippen LogP contribution is -2.55. The van der Waals surface area contributed by atoms with Crippen LogP contribution in [0.2, 0.25) is 18.6 Å². The van der Waals surface area contributed by atoms with E-state index in [9.17, 15) is 19.5 Å². The van der Waals surface area contributed by atoms with Crippen molar-refractivity contribution in [3.8, 4) is 5.75 Å². The Morgan fingerprint density at radius 3 is 2.27 bits per heavy atom. The van der Waals surface area contributed by atoms with Crippen LogP contribution in [0.5, 0.6) is 5.75 Å². The number of hydrogen-bond donors (Lipinski definition) is 1. The highest BCUT2D eigenvalue weighted by molar-refractivity contribution is 6.91. The molecule has 8 rings (SSSR count). The number of para-hydroxylation sites is 1. The van der Waals surface area contributed by atoms with Crippen LogP contribution in [0.1, 0.15) is 43.4 Å². The van der Waals surface area contributed by atoms with E-state index in [2.05, 4.69) is 32.2 Å². The number of carbonyl (C=O) groups excluding carboxylic acids is 4. The van der Waals surface area contributed by atoms with E-state index < -0.39 is 37.9 Å². The molecule has 290 valence electrons. The predicted octanol–water partition coefficient (Wildman–Crippen LogP) is 5.55. The van der Waals surface area contributed by atoms with Gasteiger partial charge in [0, 0.05) is 36.3 Å². The molecule has 12 heteroatoms. The third-order valence-electron chi connectivity index (χ3n) is 12.5. The Hall–Kier alpha value is -5.30. The molecule has 2 saturated heterocycles. The van der Waals surface area contributed by atoms with Crippen molar-refractivity contribution in [3.05, 3.63) is 114 Å². The van der Waals surface area contributed by atoms with Gasteiger partial charge in [-0.2, -0.15) is 0 Å². The number of amides is 3. The molecule has 1 N–H and O–H groups in total. The fraction of sp³-hybridized carbons (Fsp3) is 0.364. The quantitative estimate of drug-likeness (QED) is 0.133. The van der Waals surface area contributed by atoms with Gasteiger partial charge in [0.05, 0.1) is 52.5 Å². The predicted molar refractivity (Wildman–Crippen MR) is 213 cm³/mol. The average molecular weight is 774 g/mol. The second-order valence-corrected chi connectivity index (χ2v) is 20.6. The maximum Gasteiger partial charge on any atom is 0.304 e. The molecule has 4 aromatic rings. The summed E-state index contributed by atoms with van der Waals surface area (Å²) in [6.45, 7) is 8.09. The van der Waals surface area contributed by atoms with Gasteiger partial charge >= 0.3 is 5.97 Å². The highest BCUT2D eigenvalue weighted by Crippen LogP contribution is 2.61. The van der Waals surface area contributed by atoms with E-state index in [1.807, 2.05) is 78.9 Å². The summed E-state index contributed by atoms with van der Waals surface area (Å²) in [5, 5.41) is 11.6. The van der Waals surface area contributed by atoms with E-state index in [1.54, 1.807) is 23.0 Å². The number of hydrogen-bond acceptors (Lipinski definition) is 8. The zero-order chi connectivity index (χ0) is 39.5. The molecule has 0 saturated carbocycles. The molecular weight excluding hydrogens is 727 g/mol. The third kappa shape index (κ3) is 6.02. The number of β-lactam (4-membered cyclic amide) rings is 1. The minimum absolute atomic E-state index is 0.00872. The number of ether oxygens (including phenoxy) is 3. The van der Waals surface area contributed by atoms with Gasteiger partial charge in [0.1, 0.15) is 5.75 Å². The molecule has 1 spiro atoms. The van der Waals surface area contributed by atoms with Crippen LogP contribution in [0.4, 0.5) is 17.1 Å². The molecule has 4 aliphatic rings. The maximum atomic E-state index is 15.4. The summed E-state index contributed by atoms with van der Waals surface area (Å²) in [7, 11) is -0.987. The second-order valence-electron chi connectivity index (χ2n) is 15.9. The zero-order valence-electron chi connectivity index (χ0n) is 32.3. The molecule has 56 heavy (non-hydrogen) atoms. The lowest BCUT2D eigenvalue weighted by molar-refractivity contribution is -0.154. The molecule has 4 aliphatic heterocycles. The van der Waals surface area contributed by atoms with E-state index in [1.165, 1.54) is 11.8 Å². The minimum atomic E-state index is -2.62. The van der Waals surface area contributed by atoms with Crippen LogP contribution in [0, 0.1) is 5.92 Å². The van der Waals surface area contributed by atoms with Crippen LogP contribution in [-0.4, -0.2) is 73.9 Å². The van der Waals surface area contributed by atoms with E-state index in [0.29, 0.717) is 35.6 Å². The molecule has 0 radical (unpaired) electrons. The Balaban J connectivity index is 1.25. The summed E-state index contributed by atoms with van der Waals surface area (Å²) in [6, 6.07) is 30.5. The highest BCUT2D eigenvalue weighted by atomic mass is 28.3. The average Bonchev–Trinajstić information content (AvgIpc) is 3.62. The van der Waals surface area contributed by atoms with Gasteiger partial charge in [-0.1, -0.05) is 79.8 Å². The van der Waals surface area contributed by atoms with Gasteiger partial charge in [0.2, 0.25) is 11.8 Å². The Bertz CT molecular complexity index is 2200. The summed E-state index contributed by atoms with van der Waals surface area (Å²) in [4.78, 5) is 60.0. The molecule has 0 aliphatic carbocycles. The van der Waals surface area contributed by atoms with Crippen molar-refractivity contribution in [3.63, 3.8) is 0 Å². The number of methoxy groups -OCH3 is 1. The monoisotopic (exact) mass is 773 g/mol. The molecule has 4 heterocycles. The first-order chi connectivity index (χ1) is 26.9. The van der Waals surface area contributed by atoms with Crippen LogP contribution < -0.4 is 19.7 Å². The topological polar surface area (TPSA) is 126 Å². The molecule has 0 aromatic heterocycles. The van der Waals surface area contributed by atoms with Crippen LogP contribution in [-0.2, 0) is 47.2 Å². The van der Waals surface area contributed by atoms with Crippen molar-refractivity contribution in [2.75, 3.05) is 23.5 Å². The molecular formula is C44H47N3O8Si. The Kier molecular flexibility index (Phi) is 9.62. The largest absolute Gasteiger partial charge is 0.497 e. The highest BCUT2D eigenvalue weighted by Gasteiger charge is 2.67. The van der Waals surface area contributed by atoms with Gasteiger partial charge in [-0.15, -0.1) is 0 Å². The van der Waals surface area contributed by atoms with Gasteiger partial charge in [0.25, 0.3) is 5.91 Å². The van der Waals surface area contributed by atoms with Crippen molar-refractivity contribution in [1.82, 2.24) is 4.90 Å². The molecule has 6 atom stereocenters. The Morgan fingerprint density at radius 1 is 0.911 bits per heavy atom. The molecule has 1 unspecified atom stereocenters. The van der Waals surface area contributed by atoms with Crippen LogP contribution >= 0.6 is 0 Å². The fourth-order valence-corrected chi connectivity index (χ4v) is 13.7. The number of carbonyl (C=O) groups is 4. The minimum Gasteiger partial charge on any atom is -0.497 e. The van der Waals surface area contributed by atoms with Crippen LogP contribution in [0.15, 0.2) is 97.1 Å². The number of fused-ring (bicyclic) bond motifs is 3. The first kappa shape index (κ1) is 37.6. The van der Waals surface area contributed by atoms with Gasteiger partial charge in [-0.3, -0.25) is 29.0 Å². The van der Waals surface area contributed by atoms with Crippen LogP contribution in [0.25, 0.3) is 0 Å². The molecule has 11 nitrogen and oxygen atoms in total. The van der Waals surface area contributed by atoms with Crippen molar-refractivity contribution >= 4 is 54.0 Å². The summed E-state index contributed by atoms with van der Waals surface area (Å²) >= 11 is 0. The molecule has 4 aromatic carbocycles. The lowest BCUT2D eigenvalue weighted by atomic mass is 9.82. The van der Waals surface area contributed by atoms with Gasteiger partial charge in [-0.25, -0.2) is 0 Å². The number of nitrogens with zero attached hydrogens (tertiary/aromatic N) is 3. The standard InChI is InChI=1S/C44H47N3O8Si/c1-27-42(56(4,5)35-18-16-34(53-3)17-19-35)38(23-39(50)45-25-30-12-10-9-11-29(30)21-33(45)26-48)55-44(27)36-22-32(47-40(51)24-41(47)54-28(2)49)15-20-37(36)46(43(44)52)31-13-7-6-8-14-31/h6-20,22,27,33,38,41-42,48H,21,23-26H2,1-5H3/t27-,33-,38+,41?,42-,44+/m0/s1. The number of anilines is 3. The fourth-order valence-electron chi connectivity index (χ4n) is 9.73. The van der Waals surface area contributed by atoms with Gasteiger partial charge < -0.3 is 24.2 Å². The normalized spacial score (nSPS) is 25.5. The number of aliphatic hydroxyl groups is 1. The van der Waals surface area contributed by atoms with Gasteiger partial charge in [-0.05, 0) is 65.6 Å². The Labute approximate surface area is 327 Å². The van der Waals surface area contributed by atoms with Crippen molar-refractivity contribution in [2.45, 2.75) is 82.3 Å². The van der Waals surface area contributed by atoms with E-state index >= 15 is 4.79 Å². The summed E-state index contributed by atoms with van der Waals surface area (Å²) in [5.74, 6) is -0.805. The second kappa shape index (κ2) is 14.3. The molecule has 2 fully saturated rings. The number of esters is 1. The van der Waals surface area contributed by atoms with E-state index in [-0.39, 0.29) is 48.8 Å². The van der Waals surface area contributed by atoms with E-state index in [4.69, 9.17) is 14.2 Å². The number of benzene rings is 4. The first-order valence-electron chi connectivity index (χ1n) is 19.2. The molecule has 3 amide bonds. The third-order valence-corrected chi connectivity index (χ3v) is 16.8. The van der Waals surface area contributed by atoms with E-state index in [0.717, 1.165) is 22.1 Å². The van der Waals surface area contributed by atoms with Crippen molar-refractivity contribution < 1.29 is 38.5 Å². The summed E-state index contributed by atoms with van der Waals surface area (Å²) < 4.78 is 18.3. The first-order valence-corrected chi connectivity index (χ1v) is 22.3. The van der Waals surface area contributed by atoms with Crippen molar-refractivity contribution in [1.29, 1.82) is 0 Å². The smallest absolute Gasteiger partial charge is 0.304 e. The lowest BCUT2D eigenvalue weighted by Gasteiger charge is -2.39. The maximum absolute atomic E-state index is 15.4. The molecule has 0 bridgehead atoms. The van der Waals surface area contributed by atoms with Gasteiger partial charge in [0.15, 0.2) is 11.8 Å².